The first-order valence-electron chi connectivity index (χ1n) is 4.79. The number of aryl methyl sites for hydroxylation is 1. The predicted octanol–water partition coefficient (Wildman–Crippen LogP) is -0.533. The molecule has 0 fully saturated rings. The van der Waals surface area contributed by atoms with Crippen molar-refractivity contribution in [2.75, 3.05) is 6.54 Å². The molecule has 1 rings (SSSR count). The Morgan fingerprint density at radius 3 is 2.18 bits per heavy atom. The lowest BCUT2D eigenvalue weighted by atomic mass is 10.2. The van der Waals surface area contributed by atoms with Gasteiger partial charge in [0, 0.05) is 6.54 Å². The van der Waals surface area contributed by atoms with Crippen molar-refractivity contribution in [2.24, 2.45) is 11.5 Å². The van der Waals surface area contributed by atoms with Crippen LogP contribution in [0, 0.1) is 6.92 Å². The van der Waals surface area contributed by atoms with Crippen LogP contribution in [0.3, 0.4) is 0 Å². The topological polar surface area (TPSA) is 123 Å². The number of benzene rings is 1. The SMILES string of the molecule is Cc1ccc(S(=O)(=O)C(N)(CN)C(=O)O)cc1. The van der Waals surface area contributed by atoms with Crippen LogP contribution in [-0.2, 0) is 14.6 Å². The molecule has 0 bridgehead atoms. The van der Waals surface area contributed by atoms with E-state index >= 15 is 0 Å². The molecule has 1 aromatic carbocycles. The quantitative estimate of drug-likeness (QED) is 0.666. The molecule has 0 aromatic heterocycles. The number of rotatable bonds is 4. The molecule has 94 valence electrons. The zero-order chi connectivity index (χ0) is 13.3. The lowest BCUT2D eigenvalue weighted by Crippen LogP contribution is -2.59. The van der Waals surface area contributed by atoms with Crippen LogP contribution in [0.5, 0.6) is 0 Å². The average molecular weight is 258 g/mol. The molecule has 0 spiro atoms. The summed E-state index contributed by atoms with van der Waals surface area (Å²) in [7, 11) is -4.21. The Morgan fingerprint density at radius 2 is 1.82 bits per heavy atom. The Hall–Kier alpha value is -1.44. The van der Waals surface area contributed by atoms with Gasteiger partial charge in [0.2, 0.25) is 14.7 Å². The van der Waals surface area contributed by atoms with E-state index in [0.29, 0.717) is 0 Å². The van der Waals surface area contributed by atoms with Crippen molar-refractivity contribution in [3.8, 4) is 0 Å². The molecule has 7 heteroatoms. The van der Waals surface area contributed by atoms with E-state index in [4.69, 9.17) is 16.6 Å². The molecule has 0 saturated heterocycles. The van der Waals surface area contributed by atoms with Crippen molar-refractivity contribution < 1.29 is 18.3 Å². The zero-order valence-corrected chi connectivity index (χ0v) is 10.1. The molecule has 1 unspecified atom stereocenters. The number of carbonyl (C=O) groups is 1. The number of sulfone groups is 1. The molecule has 0 saturated carbocycles. The van der Waals surface area contributed by atoms with E-state index in [1.807, 2.05) is 0 Å². The van der Waals surface area contributed by atoms with Gasteiger partial charge in [0.15, 0.2) is 0 Å². The van der Waals surface area contributed by atoms with Gasteiger partial charge in [-0.15, -0.1) is 0 Å². The van der Waals surface area contributed by atoms with Crippen LogP contribution in [0.4, 0.5) is 0 Å². The van der Waals surface area contributed by atoms with E-state index in [0.717, 1.165) is 5.56 Å². The van der Waals surface area contributed by atoms with Crippen LogP contribution in [0.15, 0.2) is 29.2 Å². The standard InChI is InChI=1S/C10H14N2O4S/c1-7-2-4-8(5-3-7)17(15,16)10(12,6-11)9(13)14/h2-5H,6,11-12H2,1H3,(H,13,14). The molecular weight excluding hydrogens is 244 g/mol. The number of aliphatic carboxylic acids is 1. The van der Waals surface area contributed by atoms with Crippen LogP contribution < -0.4 is 11.5 Å². The third-order valence-electron chi connectivity index (χ3n) is 2.48. The molecular formula is C10H14N2O4S. The highest BCUT2D eigenvalue weighted by Crippen LogP contribution is 2.21. The highest BCUT2D eigenvalue weighted by atomic mass is 32.2. The minimum absolute atomic E-state index is 0.154. The van der Waals surface area contributed by atoms with Crippen molar-refractivity contribution in [1.82, 2.24) is 0 Å². The fourth-order valence-corrected chi connectivity index (χ4v) is 2.60. The number of nitrogens with two attached hydrogens (primary N) is 2. The Labute approximate surface area is 99.2 Å². The van der Waals surface area contributed by atoms with Gasteiger partial charge >= 0.3 is 5.97 Å². The first kappa shape index (κ1) is 13.6. The monoisotopic (exact) mass is 258 g/mol. The maximum absolute atomic E-state index is 12.1. The highest BCUT2D eigenvalue weighted by molar-refractivity contribution is 7.93. The van der Waals surface area contributed by atoms with Crippen molar-refractivity contribution in [1.29, 1.82) is 0 Å². The minimum Gasteiger partial charge on any atom is -0.479 e. The number of hydrogen-bond donors (Lipinski definition) is 3. The molecule has 5 N–H and O–H groups in total. The van der Waals surface area contributed by atoms with Gasteiger partial charge in [-0.2, -0.15) is 0 Å². The van der Waals surface area contributed by atoms with Crippen LogP contribution in [0.25, 0.3) is 0 Å². The summed E-state index contributed by atoms with van der Waals surface area (Å²) >= 11 is 0. The van der Waals surface area contributed by atoms with E-state index in [1.165, 1.54) is 12.1 Å². The fourth-order valence-electron chi connectivity index (χ4n) is 1.24. The molecule has 0 aliphatic carbocycles. The second-order valence-corrected chi connectivity index (χ2v) is 5.92. The summed E-state index contributed by atoms with van der Waals surface area (Å²) < 4.78 is 24.1. The van der Waals surface area contributed by atoms with Crippen LogP contribution in [-0.4, -0.2) is 30.9 Å². The van der Waals surface area contributed by atoms with Crippen molar-refractivity contribution in [3.63, 3.8) is 0 Å². The number of carboxylic acids is 1. The van der Waals surface area contributed by atoms with Crippen molar-refractivity contribution in [3.05, 3.63) is 29.8 Å². The first-order chi connectivity index (χ1) is 7.75. The smallest absolute Gasteiger partial charge is 0.341 e. The lowest BCUT2D eigenvalue weighted by Gasteiger charge is -2.22. The third kappa shape index (κ3) is 2.17. The summed E-state index contributed by atoms with van der Waals surface area (Å²) in [6, 6.07) is 5.74. The van der Waals surface area contributed by atoms with E-state index in [2.05, 4.69) is 0 Å². The number of hydrogen-bond acceptors (Lipinski definition) is 5. The van der Waals surface area contributed by atoms with E-state index < -0.39 is 27.2 Å². The van der Waals surface area contributed by atoms with Gasteiger partial charge in [0.25, 0.3) is 0 Å². The van der Waals surface area contributed by atoms with Crippen molar-refractivity contribution in [2.45, 2.75) is 16.7 Å². The maximum atomic E-state index is 12.1. The normalized spacial score (nSPS) is 15.2. The Morgan fingerprint density at radius 1 is 1.35 bits per heavy atom. The fraction of sp³-hybridized carbons (Fsp3) is 0.300. The van der Waals surface area contributed by atoms with Gasteiger partial charge in [-0.1, -0.05) is 17.7 Å². The van der Waals surface area contributed by atoms with Crippen molar-refractivity contribution >= 4 is 15.8 Å². The Balaban J connectivity index is 3.37. The molecule has 6 nitrogen and oxygen atoms in total. The van der Waals surface area contributed by atoms with E-state index in [1.54, 1.807) is 19.1 Å². The van der Waals surface area contributed by atoms with Gasteiger partial charge in [0.1, 0.15) is 0 Å². The number of carboxylic acid groups (broad SMARTS) is 1. The predicted molar refractivity (Wildman–Crippen MR) is 62.0 cm³/mol. The first-order valence-corrected chi connectivity index (χ1v) is 6.27. The minimum atomic E-state index is -4.21. The van der Waals surface area contributed by atoms with Gasteiger partial charge in [-0.3, -0.25) is 0 Å². The molecule has 0 radical (unpaired) electrons. The Bertz CT molecular complexity index is 524. The van der Waals surface area contributed by atoms with Gasteiger partial charge in [0.05, 0.1) is 4.90 Å². The van der Waals surface area contributed by atoms with Crippen LogP contribution in [0.2, 0.25) is 0 Å². The molecule has 1 aromatic rings. The molecule has 0 heterocycles. The van der Waals surface area contributed by atoms with Gasteiger partial charge in [-0.25, -0.2) is 13.2 Å². The van der Waals surface area contributed by atoms with Gasteiger partial charge in [-0.05, 0) is 19.1 Å². The Kier molecular flexibility index (Phi) is 3.56. The average Bonchev–Trinajstić information content (AvgIpc) is 2.28. The van der Waals surface area contributed by atoms with E-state index in [-0.39, 0.29) is 4.90 Å². The summed E-state index contributed by atoms with van der Waals surface area (Å²) in [6.45, 7) is 1.09. The summed E-state index contributed by atoms with van der Waals surface area (Å²) in [5.74, 6) is -1.67. The summed E-state index contributed by atoms with van der Waals surface area (Å²) in [4.78, 5) is 8.30. The molecule has 17 heavy (non-hydrogen) atoms. The highest BCUT2D eigenvalue weighted by Gasteiger charge is 2.47. The maximum Gasteiger partial charge on any atom is 0.341 e. The molecule has 0 aliphatic heterocycles. The molecule has 0 amide bonds. The zero-order valence-electron chi connectivity index (χ0n) is 9.25. The summed E-state index contributed by atoms with van der Waals surface area (Å²) in [5, 5.41) is 8.90. The molecule has 0 aliphatic rings. The van der Waals surface area contributed by atoms with Crippen LogP contribution in [0.1, 0.15) is 5.56 Å². The van der Waals surface area contributed by atoms with E-state index in [9.17, 15) is 13.2 Å². The summed E-state index contributed by atoms with van der Waals surface area (Å²) in [6.07, 6.45) is 0. The summed E-state index contributed by atoms with van der Waals surface area (Å²) in [5.41, 5.74) is 11.4. The van der Waals surface area contributed by atoms with Crippen LogP contribution >= 0.6 is 0 Å². The lowest BCUT2D eigenvalue weighted by molar-refractivity contribution is -0.139. The second kappa shape index (κ2) is 4.44. The second-order valence-electron chi connectivity index (χ2n) is 3.72. The van der Waals surface area contributed by atoms with Gasteiger partial charge < -0.3 is 16.6 Å². The third-order valence-corrected chi connectivity index (χ3v) is 4.67. The molecule has 1 atom stereocenters. The largest absolute Gasteiger partial charge is 0.479 e.